The topological polar surface area (TPSA) is 211 Å². The first-order valence-corrected chi connectivity index (χ1v) is 14.8. The second kappa shape index (κ2) is 13.0. The minimum absolute atomic E-state index is 0.0538. The summed E-state index contributed by atoms with van der Waals surface area (Å²) in [5.41, 5.74) is 4.99. The number of nitrogens with zero attached hydrogens (tertiary/aromatic N) is 4. The number of hydrogen-bond acceptors (Lipinski definition) is 13. The van der Waals surface area contributed by atoms with E-state index < -0.39 is 61.8 Å². The van der Waals surface area contributed by atoms with Crippen molar-refractivity contribution in [3.8, 4) is 5.88 Å². The molecule has 16 nitrogen and oxygen atoms in total. The van der Waals surface area contributed by atoms with Crippen LogP contribution in [0.4, 0.5) is 5.95 Å². The molecule has 5 N–H and O–H groups in total. The molecule has 0 amide bonds. The molecule has 5 unspecified atom stereocenters. The number of fused-ring (bicyclic) bond motifs is 1. The Labute approximate surface area is 238 Å². The zero-order valence-corrected chi connectivity index (χ0v) is 25.4. The molecule has 0 bridgehead atoms. The van der Waals surface area contributed by atoms with Gasteiger partial charge in [0.2, 0.25) is 11.8 Å². The number of nitrogen functional groups attached to an aromatic ring is 1. The lowest BCUT2D eigenvalue weighted by Gasteiger charge is -2.27. The lowest BCUT2D eigenvalue weighted by molar-refractivity contribution is -0.149. The van der Waals surface area contributed by atoms with E-state index in [1.54, 1.807) is 34.6 Å². The third kappa shape index (κ3) is 8.11. The Morgan fingerprint density at radius 3 is 2.22 bits per heavy atom. The second-order valence-corrected chi connectivity index (χ2v) is 12.5. The number of esters is 2. The molecule has 1 fully saturated rings. The highest BCUT2D eigenvalue weighted by Crippen LogP contribution is 2.44. The number of rotatable bonds is 13. The van der Waals surface area contributed by atoms with Crippen molar-refractivity contribution in [2.75, 3.05) is 19.5 Å². The maximum atomic E-state index is 13.9. The van der Waals surface area contributed by atoms with E-state index in [4.69, 9.17) is 29.2 Å². The minimum atomic E-state index is -4.09. The average Bonchev–Trinajstić information content (AvgIpc) is 3.40. The SMILES string of the molecule is COc1nc(N)nc2c1ncn2C1OC(COP(=O)(NC(C)C(=O)OC(C)C)NC(C)C(=O)OC(C)C)CC1(C)O. The van der Waals surface area contributed by atoms with Crippen LogP contribution in [0, 0.1) is 0 Å². The van der Waals surface area contributed by atoms with E-state index >= 15 is 0 Å². The van der Waals surface area contributed by atoms with Crippen LogP contribution in [0.5, 0.6) is 5.88 Å². The molecule has 3 rings (SSSR count). The molecule has 17 heteroatoms. The van der Waals surface area contributed by atoms with Crippen LogP contribution in [0.2, 0.25) is 0 Å². The van der Waals surface area contributed by atoms with E-state index in [-0.39, 0.29) is 30.5 Å². The number of aromatic nitrogens is 4. The van der Waals surface area contributed by atoms with E-state index in [9.17, 15) is 19.3 Å². The normalized spacial score (nSPS) is 23.9. The molecule has 0 radical (unpaired) electrons. The predicted molar refractivity (Wildman–Crippen MR) is 147 cm³/mol. The van der Waals surface area contributed by atoms with E-state index in [1.807, 2.05) is 0 Å². The Balaban J connectivity index is 1.79. The van der Waals surface area contributed by atoms with Gasteiger partial charge in [0.25, 0.3) is 0 Å². The van der Waals surface area contributed by atoms with Crippen LogP contribution in [0.3, 0.4) is 0 Å². The molecule has 0 saturated carbocycles. The fourth-order valence-corrected chi connectivity index (χ4v) is 6.04. The molecule has 1 aliphatic heterocycles. The monoisotopic (exact) mass is 601 g/mol. The Kier molecular flexibility index (Phi) is 10.3. The van der Waals surface area contributed by atoms with Gasteiger partial charge in [-0.3, -0.25) is 18.7 Å². The zero-order valence-electron chi connectivity index (χ0n) is 24.5. The van der Waals surface area contributed by atoms with Gasteiger partial charge in [-0.2, -0.15) is 9.97 Å². The van der Waals surface area contributed by atoms with Gasteiger partial charge in [0, 0.05) is 6.42 Å². The highest BCUT2D eigenvalue weighted by molar-refractivity contribution is 7.54. The standard InChI is InChI=1S/C24H40N7O9P/c1-12(2)38-20(32)14(5)29-41(35,30-15(6)21(33)39-13(3)4)37-10-16-9-24(7,34)22(40-16)31-11-26-17-18(31)27-23(25)28-19(17)36-8/h11-16,22,34H,9-10H2,1-8H3,(H2,25,27,28)(H2,29,30,35). The molecule has 5 atom stereocenters. The van der Waals surface area contributed by atoms with Crippen LogP contribution in [-0.2, 0) is 32.9 Å². The summed E-state index contributed by atoms with van der Waals surface area (Å²) in [5, 5.41) is 16.5. The van der Waals surface area contributed by atoms with E-state index in [1.165, 1.54) is 31.9 Å². The molecule has 41 heavy (non-hydrogen) atoms. The van der Waals surface area contributed by atoms with Crippen LogP contribution in [0.15, 0.2) is 6.33 Å². The Bertz CT molecular complexity index is 1250. The van der Waals surface area contributed by atoms with E-state index in [0.717, 1.165) is 0 Å². The van der Waals surface area contributed by atoms with Crippen molar-refractivity contribution in [3.05, 3.63) is 6.33 Å². The van der Waals surface area contributed by atoms with Crippen molar-refractivity contribution in [3.63, 3.8) is 0 Å². The largest absolute Gasteiger partial charge is 0.479 e. The van der Waals surface area contributed by atoms with Gasteiger partial charge in [-0.15, -0.1) is 0 Å². The number of ether oxygens (including phenoxy) is 4. The first-order valence-electron chi connectivity index (χ1n) is 13.2. The van der Waals surface area contributed by atoms with Gasteiger partial charge in [-0.25, -0.2) is 15.2 Å². The van der Waals surface area contributed by atoms with Crippen molar-refractivity contribution in [2.45, 2.75) is 97.1 Å². The van der Waals surface area contributed by atoms with Crippen LogP contribution >= 0.6 is 7.67 Å². The molecular formula is C24H40N7O9P. The number of anilines is 1. The maximum Gasteiger partial charge on any atom is 0.342 e. The predicted octanol–water partition coefficient (Wildman–Crippen LogP) is 1.44. The summed E-state index contributed by atoms with van der Waals surface area (Å²) in [6, 6.07) is -2.11. The van der Waals surface area contributed by atoms with Crippen molar-refractivity contribution in [2.24, 2.45) is 0 Å². The molecule has 2 aromatic rings. The van der Waals surface area contributed by atoms with Gasteiger partial charge < -0.3 is 34.3 Å². The Morgan fingerprint density at radius 1 is 1.15 bits per heavy atom. The molecule has 1 saturated heterocycles. The van der Waals surface area contributed by atoms with Crippen LogP contribution in [0.1, 0.15) is 61.1 Å². The van der Waals surface area contributed by atoms with Crippen LogP contribution < -0.4 is 20.6 Å². The number of carbonyl (C=O) groups is 2. The molecule has 0 spiro atoms. The summed E-state index contributed by atoms with van der Waals surface area (Å²) in [5.74, 6) is -1.21. The first kappa shape index (κ1) is 32.6. The lowest BCUT2D eigenvalue weighted by Crippen LogP contribution is -2.43. The van der Waals surface area contributed by atoms with Gasteiger partial charge in [-0.1, -0.05) is 0 Å². The highest BCUT2D eigenvalue weighted by Gasteiger charge is 2.47. The highest BCUT2D eigenvalue weighted by atomic mass is 31.2. The summed E-state index contributed by atoms with van der Waals surface area (Å²) < 4.78 is 42.9. The van der Waals surface area contributed by atoms with Crippen molar-refractivity contribution in [1.29, 1.82) is 0 Å². The van der Waals surface area contributed by atoms with Crippen LogP contribution in [0.25, 0.3) is 11.2 Å². The smallest absolute Gasteiger partial charge is 0.342 e. The number of nitrogens with one attached hydrogen (secondary N) is 2. The third-order valence-electron chi connectivity index (χ3n) is 5.93. The number of nitrogens with two attached hydrogens (primary N) is 1. The molecule has 1 aliphatic rings. The zero-order chi connectivity index (χ0) is 30.7. The van der Waals surface area contributed by atoms with Crippen molar-refractivity contribution < 1.29 is 42.7 Å². The number of carbonyl (C=O) groups excluding carboxylic acids is 2. The molecule has 230 valence electrons. The van der Waals surface area contributed by atoms with Crippen molar-refractivity contribution in [1.82, 2.24) is 29.7 Å². The first-order chi connectivity index (χ1) is 19.0. The van der Waals surface area contributed by atoms with Crippen molar-refractivity contribution >= 4 is 36.7 Å². The summed E-state index contributed by atoms with van der Waals surface area (Å²) in [7, 11) is -2.67. The van der Waals surface area contributed by atoms with Gasteiger partial charge in [0.1, 0.15) is 17.7 Å². The fraction of sp³-hybridized carbons (Fsp3) is 0.708. The van der Waals surface area contributed by atoms with E-state index in [0.29, 0.717) is 5.52 Å². The van der Waals surface area contributed by atoms with E-state index in [2.05, 4.69) is 25.1 Å². The quantitative estimate of drug-likeness (QED) is 0.189. The van der Waals surface area contributed by atoms with Gasteiger partial charge >= 0.3 is 19.6 Å². The molecule has 0 aromatic carbocycles. The summed E-state index contributed by atoms with van der Waals surface area (Å²) >= 11 is 0. The third-order valence-corrected chi connectivity index (χ3v) is 7.89. The Morgan fingerprint density at radius 2 is 1.71 bits per heavy atom. The minimum Gasteiger partial charge on any atom is -0.479 e. The number of hydrogen-bond donors (Lipinski definition) is 4. The number of methoxy groups -OCH3 is 1. The Hall–Kier alpha value is -2.88. The molecule has 2 aromatic heterocycles. The molecule has 3 heterocycles. The summed E-state index contributed by atoms with van der Waals surface area (Å²) in [4.78, 5) is 37.3. The maximum absolute atomic E-state index is 13.9. The molecular weight excluding hydrogens is 561 g/mol. The number of aliphatic hydroxyl groups is 1. The molecule has 0 aliphatic carbocycles. The average molecular weight is 602 g/mol. The number of imidazole rings is 1. The van der Waals surface area contributed by atoms with Gasteiger partial charge in [0.15, 0.2) is 17.4 Å². The van der Waals surface area contributed by atoms with Crippen LogP contribution in [-0.4, -0.2) is 86.3 Å². The lowest BCUT2D eigenvalue weighted by atomic mass is 10.0. The summed E-state index contributed by atoms with van der Waals surface area (Å²) in [6.07, 6.45) is -1.04. The van der Waals surface area contributed by atoms with Gasteiger partial charge in [0.05, 0.1) is 38.4 Å². The fourth-order valence-electron chi connectivity index (χ4n) is 4.21. The van der Waals surface area contributed by atoms with Gasteiger partial charge in [-0.05, 0) is 48.5 Å². The second-order valence-electron chi connectivity index (χ2n) is 10.6. The summed E-state index contributed by atoms with van der Waals surface area (Å²) in [6.45, 7) is 10.9.